The van der Waals surface area contributed by atoms with Crippen LogP contribution in [-0.4, -0.2) is 12.6 Å². The molecule has 0 amide bonds. The molecule has 0 saturated carbocycles. The van der Waals surface area contributed by atoms with E-state index in [0.717, 1.165) is 19.3 Å². The van der Waals surface area contributed by atoms with Gasteiger partial charge in [0.1, 0.15) is 0 Å². The monoisotopic (exact) mass is 297 g/mol. The Labute approximate surface area is 133 Å². The summed E-state index contributed by atoms with van der Waals surface area (Å²) in [6, 6.07) is 0. The van der Waals surface area contributed by atoms with Crippen molar-refractivity contribution in [1.29, 1.82) is 0 Å². The Morgan fingerprint density at radius 2 is 1.29 bits per heavy atom. The maximum absolute atomic E-state index is 11.5. The van der Waals surface area contributed by atoms with Gasteiger partial charge in [0.05, 0.1) is 6.61 Å². The van der Waals surface area contributed by atoms with Gasteiger partial charge in [-0.05, 0) is 12.8 Å². The zero-order chi connectivity index (χ0) is 15.6. The van der Waals surface area contributed by atoms with Crippen LogP contribution in [0.4, 0.5) is 0 Å². The topological polar surface area (TPSA) is 26.3 Å². The molecule has 1 radical (unpaired) electrons. The van der Waals surface area contributed by atoms with Gasteiger partial charge in [-0.1, -0.05) is 90.9 Å². The van der Waals surface area contributed by atoms with Gasteiger partial charge in [-0.3, -0.25) is 4.79 Å². The van der Waals surface area contributed by atoms with Crippen molar-refractivity contribution < 1.29 is 9.53 Å². The third-order valence-corrected chi connectivity index (χ3v) is 3.89. The maximum Gasteiger partial charge on any atom is 0.305 e. The summed E-state index contributed by atoms with van der Waals surface area (Å²) >= 11 is 0. The molecule has 0 N–H and O–H groups in total. The molecule has 0 aromatic carbocycles. The van der Waals surface area contributed by atoms with E-state index in [4.69, 9.17) is 4.74 Å². The number of hydrogen-bond donors (Lipinski definition) is 0. The first-order valence-electron chi connectivity index (χ1n) is 9.26. The highest BCUT2D eigenvalue weighted by atomic mass is 16.5. The lowest BCUT2D eigenvalue weighted by atomic mass is 10.1. The quantitative estimate of drug-likeness (QED) is 0.249. The summed E-state index contributed by atoms with van der Waals surface area (Å²) < 4.78 is 5.27. The molecule has 0 atom stereocenters. The fourth-order valence-corrected chi connectivity index (χ4v) is 2.47. The highest BCUT2D eigenvalue weighted by Gasteiger charge is 2.02. The van der Waals surface area contributed by atoms with Gasteiger partial charge < -0.3 is 4.74 Å². The average Bonchev–Trinajstić information content (AvgIpc) is 2.49. The number of unbranched alkanes of at least 4 members (excludes halogenated alkanes) is 12. The van der Waals surface area contributed by atoms with E-state index in [0.29, 0.717) is 13.0 Å². The minimum atomic E-state index is 0.000570. The number of hydrogen-bond acceptors (Lipinski definition) is 2. The highest BCUT2D eigenvalue weighted by molar-refractivity contribution is 5.69. The number of carbonyl (C=O) groups excluding carboxylic acids is 1. The molecule has 0 spiro atoms. The van der Waals surface area contributed by atoms with Crippen LogP contribution < -0.4 is 0 Å². The Kier molecular flexibility index (Phi) is 17.1. The van der Waals surface area contributed by atoms with Crippen LogP contribution >= 0.6 is 0 Å². The highest BCUT2D eigenvalue weighted by Crippen LogP contribution is 2.10. The second kappa shape index (κ2) is 17.5. The molecular weight excluding hydrogens is 260 g/mol. The van der Waals surface area contributed by atoms with Crippen LogP contribution in [0.3, 0.4) is 0 Å². The van der Waals surface area contributed by atoms with Gasteiger partial charge in [-0.2, -0.15) is 0 Å². The minimum Gasteiger partial charge on any atom is -0.466 e. The molecule has 0 rings (SSSR count). The zero-order valence-corrected chi connectivity index (χ0v) is 14.3. The fraction of sp³-hybridized carbons (Fsp3) is 0.895. The first-order valence-corrected chi connectivity index (χ1v) is 9.26. The summed E-state index contributed by atoms with van der Waals surface area (Å²) in [7, 11) is 0. The molecule has 0 bridgehead atoms. The Morgan fingerprint density at radius 3 is 1.90 bits per heavy atom. The Bertz CT molecular complexity index is 214. The van der Waals surface area contributed by atoms with Crippen molar-refractivity contribution in [3.63, 3.8) is 0 Å². The van der Waals surface area contributed by atoms with Gasteiger partial charge in [-0.15, -0.1) is 0 Å². The summed E-state index contributed by atoms with van der Waals surface area (Å²) in [5.74, 6) is 0.000570. The zero-order valence-electron chi connectivity index (χ0n) is 14.3. The second-order valence-electron chi connectivity index (χ2n) is 6.07. The van der Waals surface area contributed by atoms with Crippen molar-refractivity contribution >= 4 is 5.97 Å². The number of esters is 1. The molecule has 2 nitrogen and oxygen atoms in total. The summed E-state index contributed by atoms with van der Waals surface area (Å²) in [4.78, 5) is 11.5. The smallest absolute Gasteiger partial charge is 0.305 e. The molecule has 0 aromatic heterocycles. The summed E-state index contributed by atoms with van der Waals surface area (Å²) in [5.41, 5.74) is 0. The Balaban J connectivity index is 3.13. The maximum atomic E-state index is 11.5. The van der Waals surface area contributed by atoms with Crippen LogP contribution in [0.2, 0.25) is 0 Å². The van der Waals surface area contributed by atoms with Crippen molar-refractivity contribution in [1.82, 2.24) is 0 Å². The van der Waals surface area contributed by atoms with E-state index in [9.17, 15) is 4.79 Å². The third-order valence-electron chi connectivity index (χ3n) is 3.89. The molecule has 0 aliphatic carbocycles. The second-order valence-corrected chi connectivity index (χ2v) is 6.07. The predicted molar refractivity (Wildman–Crippen MR) is 91.2 cm³/mol. The first kappa shape index (κ1) is 20.5. The SMILES string of the molecule is [CH2]CCCCCCCCOC(=O)CCCCCCCCC. The van der Waals surface area contributed by atoms with Crippen molar-refractivity contribution in [3.8, 4) is 0 Å². The third kappa shape index (κ3) is 17.4. The molecule has 0 aromatic rings. The number of ether oxygens (including phenoxy) is 1. The molecule has 0 saturated heterocycles. The van der Waals surface area contributed by atoms with Crippen LogP contribution in [0.1, 0.15) is 103 Å². The van der Waals surface area contributed by atoms with Crippen LogP contribution in [-0.2, 0) is 9.53 Å². The first-order chi connectivity index (χ1) is 10.3. The molecule has 0 unspecified atom stereocenters. The van der Waals surface area contributed by atoms with E-state index in [1.54, 1.807) is 0 Å². The van der Waals surface area contributed by atoms with Gasteiger partial charge in [0, 0.05) is 6.42 Å². The lowest BCUT2D eigenvalue weighted by Crippen LogP contribution is -2.05. The van der Waals surface area contributed by atoms with E-state index in [2.05, 4.69) is 13.8 Å². The number of rotatable bonds is 16. The summed E-state index contributed by atoms with van der Waals surface area (Å²) in [5, 5.41) is 0. The number of carbonyl (C=O) groups is 1. The van der Waals surface area contributed by atoms with E-state index < -0.39 is 0 Å². The predicted octanol–water partition coefficient (Wildman–Crippen LogP) is 6.24. The van der Waals surface area contributed by atoms with E-state index in [1.165, 1.54) is 70.6 Å². The van der Waals surface area contributed by atoms with Crippen LogP contribution in [0.5, 0.6) is 0 Å². The van der Waals surface area contributed by atoms with E-state index in [1.807, 2.05) is 0 Å². The standard InChI is InChI=1S/C19H37O2/c1-3-5-7-9-11-13-15-17-19(20)21-18-16-14-12-10-8-6-4-2/h2-18H2,1H3. The largest absolute Gasteiger partial charge is 0.466 e. The van der Waals surface area contributed by atoms with Gasteiger partial charge in [0.25, 0.3) is 0 Å². The minimum absolute atomic E-state index is 0.000570. The van der Waals surface area contributed by atoms with Gasteiger partial charge in [0.2, 0.25) is 0 Å². The van der Waals surface area contributed by atoms with Crippen LogP contribution in [0.25, 0.3) is 0 Å². The molecule has 0 fully saturated rings. The average molecular weight is 298 g/mol. The molecule has 0 heterocycles. The molecule has 125 valence electrons. The fourth-order valence-electron chi connectivity index (χ4n) is 2.47. The van der Waals surface area contributed by atoms with E-state index >= 15 is 0 Å². The Hall–Kier alpha value is -0.530. The molecule has 0 aliphatic rings. The van der Waals surface area contributed by atoms with Crippen molar-refractivity contribution in [3.05, 3.63) is 6.92 Å². The summed E-state index contributed by atoms with van der Waals surface area (Å²) in [6.07, 6.45) is 17.7. The van der Waals surface area contributed by atoms with Crippen molar-refractivity contribution in [2.45, 2.75) is 103 Å². The van der Waals surface area contributed by atoms with Crippen LogP contribution in [0.15, 0.2) is 0 Å². The van der Waals surface area contributed by atoms with Gasteiger partial charge in [-0.25, -0.2) is 0 Å². The van der Waals surface area contributed by atoms with Crippen LogP contribution in [0, 0.1) is 6.92 Å². The lowest BCUT2D eigenvalue weighted by molar-refractivity contribution is -0.143. The molecule has 21 heavy (non-hydrogen) atoms. The molecular formula is C19H37O2. The van der Waals surface area contributed by atoms with Gasteiger partial charge in [0.15, 0.2) is 0 Å². The van der Waals surface area contributed by atoms with Gasteiger partial charge >= 0.3 is 5.97 Å². The van der Waals surface area contributed by atoms with Crippen molar-refractivity contribution in [2.75, 3.05) is 6.61 Å². The molecule has 2 heteroatoms. The van der Waals surface area contributed by atoms with Crippen molar-refractivity contribution in [2.24, 2.45) is 0 Å². The molecule has 0 aliphatic heterocycles. The Morgan fingerprint density at radius 1 is 0.762 bits per heavy atom. The van der Waals surface area contributed by atoms with E-state index in [-0.39, 0.29) is 5.97 Å². The summed E-state index contributed by atoms with van der Waals surface area (Å²) in [6.45, 7) is 6.69. The normalized spacial score (nSPS) is 10.8. The lowest BCUT2D eigenvalue weighted by Gasteiger charge is -2.05.